The van der Waals surface area contributed by atoms with Crippen LogP contribution in [0.1, 0.15) is 43.8 Å². The first-order chi connectivity index (χ1) is 23.7. The number of nitrogens with zero attached hydrogens (tertiary/aromatic N) is 2. The van der Waals surface area contributed by atoms with Crippen molar-refractivity contribution >= 4 is 45.3 Å². The Hall–Kier alpha value is -4.00. The van der Waals surface area contributed by atoms with Gasteiger partial charge in [0.15, 0.2) is 0 Å². The van der Waals surface area contributed by atoms with E-state index in [9.17, 15) is 24.3 Å². The maximum absolute atomic E-state index is 14.7. The number of esters is 1. The number of amides is 3. The Kier molecular flexibility index (Phi) is 12.0. The van der Waals surface area contributed by atoms with E-state index in [1.165, 1.54) is 4.90 Å². The van der Waals surface area contributed by atoms with Crippen molar-refractivity contribution in [3.05, 3.63) is 85.5 Å². The van der Waals surface area contributed by atoms with Crippen molar-refractivity contribution in [2.45, 2.75) is 60.8 Å². The molecule has 2 N–H and O–H groups in total. The molecule has 262 valence electrons. The minimum Gasteiger partial charge on any atom is -0.497 e. The molecule has 0 aromatic heterocycles. The van der Waals surface area contributed by atoms with E-state index in [1.54, 1.807) is 48.4 Å². The second kappa shape index (κ2) is 16.1. The van der Waals surface area contributed by atoms with Crippen LogP contribution in [0.5, 0.6) is 5.75 Å². The summed E-state index contributed by atoms with van der Waals surface area (Å²) in [6.45, 7) is 7.86. The van der Waals surface area contributed by atoms with Gasteiger partial charge in [-0.15, -0.1) is 13.2 Å². The molecule has 3 aliphatic heterocycles. The number of hydrogen-bond donors (Lipinski definition) is 2. The lowest BCUT2D eigenvalue weighted by Gasteiger charge is -2.37. The van der Waals surface area contributed by atoms with Crippen LogP contribution in [0.15, 0.2) is 79.9 Å². The maximum atomic E-state index is 14.7. The van der Waals surface area contributed by atoms with Gasteiger partial charge in [-0.1, -0.05) is 58.4 Å². The number of ether oxygens (including phenoxy) is 3. The Balaban J connectivity index is 1.47. The van der Waals surface area contributed by atoms with Crippen molar-refractivity contribution in [1.82, 2.24) is 10.2 Å². The summed E-state index contributed by atoms with van der Waals surface area (Å²) in [7, 11) is 1.56. The molecule has 0 saturated carbocycles. The minimum absolute atomic E-state index is 0.0399. The van der Waals surface area contributed by atoms with E-state index in [0.717, 1.165) is 0 Å². The lowest BCUT2D eigenvalue weighted by Crippen LogP contribution is -2.57. The zero-order valence-electron chi connectivity index (χ0n) is 27.7. The van der Waals surface area contributed by atoms with Crippen LogP contribution < -0.4 is 15.0 Å². The molecule has 49 heavy (non-hydrogen) atoms. The molecular weight excluding hydrogens is 694 g/mol. The highest BCUT2D eigenvalue weighted by atomic mass is 79.9. The van der Waals surface area contributed by atoms with Crippen LogP contribution in [0.4, 0.5) is 5.69 Å². The molecule has 0 radical (unpaired) electrons. The molecule has 2 aromatic rings. The third kappa shape index (κ3) is 7.32. The fourth-order valence-electron chi connectivity index (χ4n) is 7.32. The number of rotatable bonds is 17. The van der Waals surface area contributed by atoms with Crippen LogP contribution in [-0.4, -0.2) is 89.6 Å². The molecule has 3 heterocycles. The van der Waals surface area contributed by atoms with Crippen molar-refractivity contribution in [1.29, 1.82) is 0 Å². The van der Waals surface area contributed by atoms with Gasteiger partial charge in [0.1, 0.15) is 23.5 Å². The van der Waals surface area contributed by atoms with Gasteiger partial charge in [0.05, 0.1) is 31.6 Å². The van der Waals surface area contributed by atoms with Gasteiger partial charge in [0.2, 0.25) is 11.8 Å². The van der Waals surface area contributed by atoms with Crippen LogP contribution >= 0.6 is 15.9 Å². The van der Waals surface area contributed by atoms with Crippen LogP contribution in [0, 0.1) is 11.8 Å². The number of methoxy groups -OCH3 is 1. The predicted molar refractivity (Wildman–Crippen MR) is 187 cm³/mol. The number of nitrogens with one attached hydrogen (secondary N) is 1. The summed E-state index contributed by atoms with van der Waals surface area (Å²) in [5, 5.41) is 12.4. The number of unbranched alkanes of at least 4 members (excludes halogenated alkanes) is 1. The molecule has 0 aliphatic carbocycles. The summed E-state index contributed by atoms with van der Waals surface area (Å²) in [5.74, 6) is -2.90. The fourth-order valence-corrected chi connectivity index (χ4v) is 8.26. The third-order valence-electron chi connectivity index (χ3n) is 9.55. The van der Waals surface area contributed by atoms with E-state index in [2.05, 4.69) is 34.4 Å². The van der Waals surface area contributed by atoms with Crippen LogP contribution in [-0.2, 0) is 28.7 Å². The van der Waals surface area contributed by atoms with E-state index >= 15 is 0 Å². The average Bonchev–Trinajstić information content (AvgIpc) is 3.71. The van der Waals surface area contributed by atoms with Crippen molar-refractivity contribution < 1.29 is 38.5 Å². The second-order valence-corrected chi connectivity index (χ2v) is 13.7. The number of likely N-dealkylation sites (tertiary alicyclic amines) is 1. The smallest absolute Gasteiger partial charge is 0.313 e. The molecule has 3 saturated heterocycles. The first kappa shape index (κ1) is 36.3. The van der Waals surface area contributed by atoms with E-state index in [0.29, 0.717) is 42.7 Å². The summed E-state index contributed by atoms with van der Waals surface area (Å²) in [6, 6.07) is 15.1. The quantitative estimate of drug-likeness (QED) is 0.107. The zero-order valence-corrected chi connectivity index (χ0v) is 29.3. The Labute approximate surface area is 295 Å². The van der Waals surface area contributed by atoms with Gasteiger partial charge in [0.25, 0.3) is 5.91 Å². The number of hydrogen-bond acceptors (Lipinski definition) is 8. The fraction of sp³-hybridized carbons (Fsp3) is 0.459. The Bertz CT molecular complexity index is 1520. The SMILES string of the molecule is C=CCCC(=O)NC[C@@H](OC(=O)[C@H]1[C@@H]2O[C@@]3(CC2Br)[C@@H]1C(=O)N(CCCCO)[C@@H]3C(=O)N(CC=C)c1ccc(OC)cc1)c1ccccc1. The molecule has 2 aromatic carbocycles. The number of carbonyl (C=O) groups is 4. The van der Waals surface area contributed by atoms with Gasteiger partial charge >= 0.3 is 5.97 Å². The number of carbonyl (C=O) groups excluding carboxylic acids is 4. The molecule has 3 aliphatic rings. The molecule has 12 heteroatoms. The lowest BCUT2D eigenvalue weighted by molar-refractivity contribution is -0.160. The summed E-state index contributed by atoms with van der Waals surface area (Å²) in [4.78, 5) is 58.7. The van der Waals surface area contributed by atoms with E-state index in [-0.39, 0.29) is 55.2 Å². The molecule has 1 unspecified atom stereocenters. The number of aliphatic hydroxyl groups is 1. The lowest BCUT2D eigenvalue weighted by atomic mass is 9.70. The monoisotopic (exact) mass is 737 g/mol. The van der Waals surface area contributed by atoms with Gasteiger partial charge in [-0.05, 0) is 55.5 Å². The largest absolute Gasteiger partial charge is 0.497 e. The maximum Gasteiger partial charge on any atom is 0.313 e. The van der Waals surface area contributed by atoms with Crippen LogP contribution in [0.2, 0.25) is 0 Å². The molecule has 2 bridgehead atoms. The third-order valence-corrected chi connectivity index (χ3v) is 10.4. The minimum atomic E-state index is -1.30. The van der Waals surface area contributed by atoms with Gasteiger partial charge < -0.3 is 34.4 Å². The number of benzene rings is 2. The van der Waals surface area contributed by atoms with Crippen molar-refractivity contribution in [2.75, 3.05) is 38.3 Å². The number of halogens is 1. The second-order valence-electron chi connectivity index (χ2n) is 12.5. The van der Waals surface area contributed by atoms with E-state index in [4.69, 9.17) is 14.2 Å². The number of allylic oxidation sites excluding steroid dienone is 1. The molecule has 1 spiro atoms. The average molecular weight is 739 g/mol. The highest BCUT2D eigenvalue weighted by Crippen LogP contribution is 2.60. The Morgan fingerprint density at radius 2 is 1.88 bits per heavy atom. The highest BCUT2D eigenvalue weighted by molar-refractivity contribution is 9.09. The highest BCUT2D eigenvalue weighted by Gasteiger charge is 2.77. The molecule has 7 atom stereocenters. The molecule has 11 nitrogen and oxygen atoms in total. The van der Waals surface area contributed by atoms with Gasteiger partial charge in [0, 0.05) is 36.6 Å². The number of alkyl halides is 1. The van der Waals surface area contributed by atoms with Gasteiger partial charge in [-0.3, -0.25) is 19.2 Å². The Morgan fingerprint density at radius 1 is 1.14 bits per heavy atom. The predicted octanol–water partition coefficient (Wildman–Crippen LogP) is 4.10. The van der Waals surface area contributed by atoms with E-state index in [1.807, 2.05) is 30.3 Å². The number of aliphatic hydroxyl groups excluding tert-OH is 1. The number of anilines is 1. The molecule has 3 fully saturated rings. The topological polar surface area (TPSA) is 135 Å². The summed E-state index contributed by atoms with van der Waals surface area (Å²) in [6.07, 6.45) is 3.72. The normalized spacial score (nSPS) is 25.7. The summed E-state index contributed by atoms with van der Waals surface area (Å²) < 4.78 is 18.1. The summed E-state index contributed by atoms with van der Waals surface area (Å²) >= 11 is 3.71. The first-order valence-corrected chi connectivity index (χ1v) is 17.5. The van der Waals surface area contributed by atoms with Crippen molar-refractivity contribution in [3.63, 3.8) is 0 Å². The van der Waals surface area contributed by atoms with Gasteiger partial charge in [-0.2, -0.15) is 0 Å². The summed E-state index contributed by atoms with van der Waals surface area (Å²) in [5.41, 5.74) is -0.0266. The molecular formula is C37H44BrN3O8. The standard InChI is InChI=1S/C37H44BrN3O8/c1-4-6-14-29(43)39-23-28(24-12-8-7-9-13-24)48-36(46)30-31-34(44)41(20-10-11-21-42)33(37(31)22-27(38)32(30)49-37)35(45)40(19-5-2)25-15-17-26(47-3)18-16-25/h4-5,7-9,12-13,15-18,27-28,30-33,42H,1-2,6,10-11,14,19-23H2,3H3,(H,39,43)/t27?,28-,30-,31+,32-,33-,37+/m1/s1. The Morgan fingerprint density at radius 3 is 2.53 bits per heavy atom. The van der Waals surface area contributed by atoms with Crippen molar-refractivity contribution in [2.24, 2.45) is 11.8 Å². The van der Waals surface area contributed by atoms with Crippen LogP contribution in [0.25, 0.3) is 0 Å². The molecule has 5 rings (SSSR count). The van der Waals surface area contributed by atoms with E-state index < -0.39 is 41.7 Å². The van der Waals surface area contributed by atoms with Crippen molar-refractivity contribution in [3.8, 4) is 5.75 Å². The number of fused-ring (bicyclic) bond motifs is 1. The first-order valence-electron chi connectivity index (χ1n) is 16.6. The zero-order chi connectivity index (χ0) is 35.1. The van der Waals surface area contributed by atoms with Crippen LogP contribution in [0.3, 0.4) is 0 Å². The van der Waals surface area contributed by atoms with Gasteiger partial charge in [-0.25, -0.2) is 0 Å². The molecule has 3 amide bonds.